The number of rotatable bonds is 4. The molecule has 1 aromatic rings. The van der Waals surface area contributed by atoms with Gasteiger partial charge in [0.05, 0.1) is 24.7 Å². The van der Waals surface area contributed by atoms with Crippen LogP contribution in [0.1, 0.15) is 26.8 Å². The zero-order valence-corrected chi connectivity index (χ0v) is 11.6. The van der Waals surface area contributed by atoms with E-state index in [1.165, 1.54) is 12.5 Å². The van der Waals surface area contributed by atoms with E-state index in [4.69, 9.17) is 4.74 Å². The Morgan fingerprint density at radius 2 is 2.17 bits per heavy atom. The highest BCUT2D eigenvalue weighted by atomic mass is 32.1. The molecule has 0 fully saturated rings. The van der Waals surface area contributed by atoms with Gasteiger partial charge in [0.2, 0.25) is 5.88 Å². The summed E-state index contributed by atoms with van der Waals surface area (Å²) in [5, 5.41) is 10.9. The molecule has 1 heterocycles. The Labute approximate surface area is 109 Å². The van der Waals surface area contributed by atoms with Gasteiger partial charge < -0.3 is 14.6 Å². The van der Waals surface area contributed by atoms with Gasteiger partial charge in [-0.1, -0.05) is 11.3 Å². The van der Waals surface area contributed by atoms with Crippen molar-refractivity contribution in [3.63, 3.8) is 0 Å². The number of thiazole rings is 1. The van der Waals surface area contributed by atoms with Crippen LogP contribution in [0.5, 0.6) is 5.88 Å². The number of esters is 1. The van der Waals surface area contributed by atoms with Crippen LogP contribution in [0.15, 0.2) is 10.2 Å². The molecule has 0 aliphatic heterocycles. The molecule has 6 nitrogen and oxygen atoms in total. The van der Waals surface area contributed by atoms with E-state index in [1.54, 1.807) is 0 Å². The molecule has 1 atom stereocenters. The maximum Gasteiger partial charge on any atom is 0.331 e. The molecule has 0 saturated heterocycles. The molecule has 0 amide bonds. The highest BCUT2D eigenvalue weighted by Gasteiger charge is 2.28. The monoisotopic (exact) mass is 275 g/mol. The number of nitrogens with zero attached hydrogens (tertiary/aromatic N) is 1. The van der Waals surface area contributed by atoms with Crippen LogP contribution < -0.4 is 4.87 Å². The lowest BCUT2D eigenvalue weighted by Gasteiger charge is -2.23. The molecule has 1 N–H and O–H groups in total. The molecule has 0 radical (unpaired) electrons. The smallest absolute Gasteiger partial charge is 0.331 e. The Morgan fingerprint density at radius 1 is 1.56 bits per heavy atom. The predicted octanol–water partition coefficient (Wildman–Crippen LogP) is 1.14. The van der Waals surface area contributed by atoms with Crippen LogP contribution in [0.4, 0.5) is 0 Å². The van der Waals surface area contributed by atoms with E-state index in [9.17, 15) is 14.7 Å². The Kier molecular flexibility index (Phi) is 4.53. The fourth-order valence-electron chi connectivity index (χ4n) is 1.31. The molecule has 102 valence electrons. The maximum atomic E-state index is 11.7. The topological polar surface area (TPSA) is 77.8 Å². The van der Waals surface area contributed by atoms with E-state index in [-0.39, 0.29) is 12.5 Å². The van der Waals surface area contributed by atoms with Crippen molar-refractivity contribution >= 4 is 17.3 Å². The van der Waals surface area contributed by atoms with Crippen molar-refractivity contribution in [1.29, 1.82) is 0 Å². The fraction of sp³-hybridized carbons (Fsp3) is 0.636. The zero-order valence-electron chi connectivity index (χ0n) is 10.8. The second kappa shape index (κ2) is 5.53. The third-order valence-corrected chi connectivity index (χ3v) is 2.89. The summed E-state index contributed by atoms with van der Waals surface area (Å²) >= 11 is 0.815. The van der Waals surface area contributed by atoms with Crippen LogP contribution >= 0.6 is 11.3 Å². The van der Waals surface area contributed by atoms with Crippen molar-refractivity contribution < 1.29 is 19.4 Å². The number of carbonyl (C=O) groups excluding carboxylic acids is 1. The summed E-state index contributed by atoms with van der Waals surface area (Å²) < 4.78 is 11.1. The second-order valence-electron chi connectivity index (χ2n) is 4.69. The minimum Gasteiger partial charge on any atom is -0.494 e. The van der Waals surface area contributed by atoms with E-state index in [2.05, 4.69) is 4.74 Å². The summed E-state index contributed by atoms with van der Waals surface area (Å²) in [6, 6.07) is -0.979. The molecule has 1 aromatic heterocycles. The average molecular weight is 275 g/mol. The van der Waals surface area contributed by atoms with Gasteiger partial charge in [-0.15, -0.1) is 0 Å². The van der Waals surface area contributed by atoms with E-state index in [1.807, 2.05) is 20.8 Å². The predicted molar refractivity (Wildman–Crippen MR) is 67.0 cm³/mol. The summed E-state index contributed by atoms with van der Waals surface area (Å²) in [7, 11) is 1.22. The van der Waals surface area contributed by atoms with Crippen LogP contribution in [-0.2, 0) is 14.3 Å². The van der Waals surface area contributed by atoms with Crippen molar-refractivity contribution in [2.45, 2.75) is 32.4 Å². The van der Waals surface area contributed by atoms with Crippen LogP contribution in [0, 0.1) is 0 Å². The Morgan fingerprint density at radius 3 is 2.56 bits per heavy atom. The van der Waals surface area contributed by atoms with Crippen molar-refractivity contribution in [2.24, 2.45) is 0 Å². The molecular formula is C11H17NO5S. The number of aromatic hydroxyl groups is 1. The minimum absolute atomic E-state index is 0.0413. The van der Waals surface area contributed by atoms with Gasteiger partial charge >= 0.3 is 10.8 Å². The summed E-state index contributed by atoms with van der Waals surface area (Å²) in [5.74, 6) is -0.895. The molecule has 18 heavy (non-hydrogen) atoms. The van der Waals surface area contributed by atoms with Crippen LogP contribution in [0.3, 0.4) is 0 Å². The lowest BCUT2D eigenvalue weighted by molar-refractivity contribution is -0.148. The summed E-state index contributed by atoms with van der Waals surface area (Å²) in [6.07, 6.45) is 0. The molecule has 0 aliphatic rings. The zero-order chi connectivity index (χ0) is 13.9. The fourth-order valence-corrected chi connectivity index (χ4v) is 1.96. The molecule has 1 rings (SSSR count). The quantitative estimate of drug-likeness (QED) is 0.834. The molecular weight excluding hydrogens is 258 g/mol. The van der Waals surface area contributed by atoms with Gasteiger partial charge in [0, 0.05) is 0 Å². The number of hydrogen-bond donors (Lipinski definition) is 1. The van der Waals surface area contributed by atoms with Gasteiger partial charge in [-0.05, 0) is 20.8 Å². The normalized spacial score (nSPS) is 13.3. The van der Waals surface area contributed by atoms with Gasteiger partial charge in [0.1, 0.15) is 0 Å². The maximum absolute atomic E-state index is 11.7. The first kappa shape index (κ1) is 14.7. The van der Waals surface area contributed by atoms with E-state index < -0.39 is 22.5 Å². The standard InChI is InChI=1S/C11H17NO5S/c1-11(2,3)17-5-7(9(14)16-4)12-8(13)6-18-10(12)15/h6-7,13H,5H2,1-4H3/t7-/m0/s1. The largest absolute Gasteiger partial charge is 0.494 e. The number of methoxy groups -OCH3 is 1. The molecule has 0 unspecified atom stereocenters. The SMILES string of the molecule is COC(=O)[C@H](COC(C)(C)C)n1c(O)csc1=O. The third kappa shape index (κ3) is 3.58. The molecule has 0 aliphatic carbocycles. The van der Waals surface area contributed by atoms with E-state index in [0.717, 1.165) is 15.9 Å². The number of carbonyl (C=O) groups is 1. The van der Waals surface area contributed by atoms with Crippen molar-refractivity contribution in [3.05, 3.63) is 15.0 Å². The number of aromatic nitrogens is 1. The van der Waals surface area contributed by atoms with Gasteiger partial charge in [-0.25, -0.2) is 4.79 Å². The van der Waals surface area contributed by atoms with Crippen LogP contribution in [0.2, 0.25) is 0 Å². The first-order valence-corrected chi connectivity index (χ1v) is 6.25. The Bertz CT molecular complexity index is 471. The van der Waals surface area contributed by atoms with Gasteiger partial charge in [0.15, 0.2) is 6.04 Å². The van der Waals surface area contributed by atoms with Crippen molar-refractivity contribution in [2.75, 3.05) is 13.7 Å². The first-order chi connectivity index (χ1) is 8.26. The van der Waals surface area contributed by atoms with Gasteiger partial charge in [-0.3, -0.25) is 9.36 Å². The Hall–Kier alpha value is -1.34. The molecule has 0 spiro atoms. The number of hydrogen-bond acceptors (Lipinski definition) is 6. The molecule has 0 aromatic carbocycles. The summed E-state index contributed by atoms with van der Waals surface area (Å²) in [5.41, 5.74) is -0.457. The molecule has 0 bridgehead atoms. The van der Waals surface area contributed by atoms with Crippen LogP contribution in [0.25, 0.3) is 0 Å². The summed E-state index contributed by atoms with van der Waals surface area (Å²) in [6.45, 7) is 5.45. The lowest BCUT2D eigenvalue weighted by atomic mass is 10.2. The number of ether oxygens (including phenoxy) is 2. The summed E-state index contributed by atoms with van der Waals surface area (Å²) in [4.78, 5) is 22.8. The average Bonchev–Trinajstić information content (AvgIpc) is 2.59. The molecule has 7 heteroatoms. The second-order valence-corrected chi connectivity index (χ2v) is 5.51. The van der Waals surface area contributed by atoms with E-state index in [0.29, 0.717) is 0 Å². The third-order valence-electron chi connectivity index (χ3n) is 2.17. The lowest BCUT2D eigenvalue weighted by Crippen LogP contribution is -2.34. The van der Waals surface area contributed by atoms with E-state index >= 15 is 0 Å². The van der Waals surface area contributed by atoms with Gasteiger partial charge in [-0.2, -0.15) is 0 Å². The minimum atomic E-state index is -0.979. The van der Waals surface area contributed by atoms with Crippen molar-refractivity contribution in [3.8, 4) is 5.88 Å². The molecule has 0 saturated carbocycles. The highest BCUT2D eigenvalue weighted by molar-refractivity contribution is 7.07. The first-order valence-electron chi connectivity index (χ1n) is 5.37. The van der Waals surface area contributed by atoms with Crippen LogP contribution in [-0.4, -0.2) is 35.0 Å². The Balaban J connectivity index is 3.00. The van der Waals surface area contributed by atoms with Gasteiger partial charge in [0.25, 0.3) is 0 Å². The highest BCUT2D eigenvalue weighted by Crippen LogP contribution is 2.20. The van der Waals surface area contributed by atoms with Crippen molar-refractivity contribution in [1.82, 2.24) is 4.57 Å².